The molecule has 208 valence electrons. The third-order valence-electron chi connectivity index (χ3n) is 6.19. The van der Waals surface area contributed by atoms with Gasteiger partial charge >= 0.3 is 11.9 Å². The van der Waals surface area contributed by atoms with Crippen LogP contribution in [-0.4, -0.2) is 61.6 Å². The molecular weight excluding hydrogens is 474 g/mol. The number of aliphatic carboxylic acids is 1. The number of ether oxygens (including phenoxy) is 1. The lowest BCUT2D eigenvalue weighted by molar-refractivity contribution is -0.138. The molecule has 0 saturated heterocycles. The van der Waals surface area contributed by atoms with Gasteiger partial charge in [-0.1, -0.05) is 77.6 Å². The maximum absolute atomic E-state index is 12.5. The Bertz CT molecular complexity index is 813. The molecule has 9 heteroatoms. The standard InChI is InChI=1S/C28H45N3O6/c1-3-4-5-6-7-8-9-10-11-12-13-14-19-29-24(27(35)31-21-25(32)33)20-30-26(34)22-15-17-23(18-16-22)28(36)37-2/h15-18,24,29H,3-14,19-21H2,1-2H3,(H,30,34)(H,31,35)(H,32,33). The molecule has 0 aliphatic rings. The Morgan fingerprint density at radius 3 is 1.81 bits per heavy atom. The van der Waals surface area contributed by atoms with Gasteiger partial charge in [-0.25, -0.2) is 4.79 Å². The number of carbonyl (C=O) groups excluding carboxylic acids is 3. The highest BCUT2D eigenvalue weighted by Gasteiger charge is 2.20. The molecule has 0 aliphatic carbocycles. The number of amides is 2. The van der Waals surface area contributed by atoms with Crippen LogP contribution in [0.25, 0.3) is 0 Å². The molecule has 0 aliphatic heterocycles. The van der Waals surface area contributed by atoms with E-state index in [0.29, 0.717) is 17.7 Å². The van der Waals surface area contributed by atoms with E-state index in [-0.39, 0.29) is 6.54 Å². The topological polar surface area (TPSA) is 134 Å². The lowest BCUT2D eigenvalue weighted by atomic mass is 10.1. The molecule has 0 fully saturated rings. The van der Waals surface area contributed by atoms with Crippen LogP contribution in [0.3, 0.4) is 0 Å². The molecule has 9 nitrogen and oxygen atoms in total. The van der Waals surface area contributed by atoms with E-state index < -0.39 is 36.3 Å². The molecule has 1 unspecified atom stereocenters. The van der Waals surface area contributed by atoms with E-state index in [0.717, 1.165) is 19.3 Å². The number of rotatable bonds is 21. The van der Waals surface area contributed by atoms with Gasteiger partial charge in [-0.15, -0.1) is 0 Å². The lowest BCUT2D eigenvalue weighted by Gasteiger charge is -2.19. The van der Waals surface area contributed by atoms with Crippen LogP contribution in [0, 0.1) is 0 Å². The minimum absolute atomic E-state index is 0.00128. The second-order valence-corrected chi connectivity index (χ2v) is 9.29. The predicted octanol–water partition coefficient (Wildman–Crippen LogP) is 4.06. The number of nitrogens with one attached hydrogen (secondary N) is 3. The molecule has 1 aromatic rings. The van der Waals surface area contributed by atoms with Gasteiger partial charge < -0.3 is 25.8 Å². The Kier molecular flexibility index (Phi) is 17.5. The maximum atomic E-state index is 12.5. The van der Waals surface area contributed by atoms with Crippen LogP contribution in [0.5, 0.6) is 0 Å². The molecule has 1 atom stereocenters. The van der Waals surface area contributed by atoms with Gasteiger partial charge in [-0.3, -0.25) is 14.4 Å². The molecule has 1 aromatic carbocycles. The Hall–Kier alpha value is -2.94. The summed E-state index contributed by atoms with van der Waals surface area (Å²) in [4.78, 5) is 47.3. The van der Waals surface area contributed by atoms with E-state index in [2.05, 4.69) is 27.6 Å². The van der Waals surface area contributed by atoms with E-state index in [1.54, 1.807) is 0 Å². The zero-order chi connectivity index (χ0) is 27.3. The number of benzene rings is 1. The predicted molar refractivity (Wildman–Crippen MR) is 144 cm³/mol. The van der Waals surface area contributed by atoms with Crippen molar-refractivity contribution in [2.75, 3.05) is 26.7 Å². The zero-order valence-corrected chi connectivity index (χ0v) is 22.5. The summed E-state index contributed by atoms with van der Waals surface area (Å²) in [5, 5.41) is 17.1. The van der Waals surface area contributed by atoms with Crippen LogP contribution in [-0.2, 0) is 14.3 Å². The highest BCUT2D eigenvalue weighted by Crippen LogP contribution is 2.12. The van der Waals surface area contributed by atoms with Gasteiger partial charge in [0.2, 0.25) is 5.91 Å². The smallest absolute Gasteiger partial charge is 0.337 e. The van der Waals surface area contributed by atoms with Crippen LogP contribution in [0.4, 0.5) is 0 Å². The Morgan fingerprint density at radius 1 is 0.784 bits per heavy atom. The molecule has 2 amide bonds. The summed E-state index contributed by atoms with van der Waals surface area (Å²) >= 11 is 0. The fourth-order valence-electron chi connectivity index (χ4n) is 3.96. The van der Waals surface area contributed by atoms with Gasteiger partial charge in [-0.2, -0.15) is 0 Å². The van der Waals surface area contributed by atoms with Crippen LogP contribution in [0.2, 0.25) is 0 Å². The Balaban J connectivity index is 2.36. The van der Waals surface area contributed by atoms with Gasteiger partial charge in [0, 0.05) is 12.1 Å². The van der Waals surface area contributed by atoms with Crippen molar-refractivity contribution in [2.24, 2.45) is 0 Å². The first-order valence-electron chi connectivity index (χ1n) is 13.6. The molecule has 37 heavy (non-hydrogen) atoms. The van der Waals surface area contributed by atoms with Gasteiger partial charge in [0.05, 0.1) is 12.7 Å². The zero-order valence-electron chi connectivity index (χ0n) is 22.5. The highest BCUT2D eigenvalue weighted by molar-refractivity contribution is 5.96. The molecule has 0 saturated carbocycles. The van der Waals surface area contributed by atoms with Gasteiger partial charge in [-0.05, 0) is 37.2 Å². The normalized spacial score (nSPS) is 11.5. The first kappa shape index (κ1) is 32.1. The van der Waals surface area contributed by atoms with Gasteiger partial charge in [0.1, 0.15) is 12.6 Å². The van der Waals surface area contributed by atoms with Crippen LogP contribution in [0.15, 0.2) is 24.3 Å². The number of carboxylic acid groups (broad SMARTS) is 1. The van der Waals surface area contributed by atoms with E-state index in [1.807, 2.05) is 0 Å². The molecule has 1 rings (SSSR count). The van der Waals surface area contributed by atoms with Gasteiger partial charge in [0.25, 0.3) is 5.91 Å². The van der Waals surface area contributed by atoms with Crippen molar-refractivity contribution < 1.29 is 29.0 Å². The number of carboxylic acids is 1. The third kappa shape index (κ3) is 15.0. The molecular formula is C28H45N3O6. The van der Waals surface area contributed by atoms with Crippen LogP contribution >= 0.6 is 0 Å². The van der Waals surface area contributed by atoms with Crippen molar-refractivity contribution in [1.29, 1.82) is 0 Å². The lowest BCUT2D eigenvalue weighted by Crippen LogP contribution is -2.51. The van der Waals surface area contributed by atoms with Crippen molar-refractivity contribution in [3.8, 4) is 0 Å². The van der Waals surface area contributed by atoms with Crippen LogP contribution < -0.4 is 16.0 Å². The molecule has 0 bridgehead atoms. The largest absolute Gasteiger partial charge is 0.480 e. The molecule has 4 N–H and O–H groups in total. The fourth-order valence-corrected chi connectivity index (χ4v) is 3.96. The fraction of sp³-hybridized carbons (Fsp3) is 0.643. The number of hydrogen-bond donors (Lipinski definition) is 4. The average molecular weight is 520 g/mol. The summed E-state index contributed by atoms with van der Waals surface area (Å²) < 4.78 is 4.65. The number of esters is 1. The SMILES string of the molecule is CCCCCCCCCCCCCCNC(CNC(=O)c1ccc(C(=O)OC)cc1)C(=O)NCC(=O)O. The third-order valence-corrected chi connectivity index (χ3v) is 6.19. The van der Waals surface area contributed by atoms with E-state index in [9.17, 15) is 19.2 Å². The average Bonchev–Trinajstić information content (AvgIpc) is 2.90. The maximum Gasteiger partial charge on any atom is 0.337 e. The van der Waals surface area contributed by atoms with Crippen molar-refractivity contribution in [3.63, 3.8) is 0 Å². The Morgan fingerprint density at radius 2 is 1.30 bits per heavy atom. The van der Waals surface area contributed by atoms with Crippen molar-refractivity contribution in [2.45, 2.75) is 90.0 Å². The second kappa shape index (κ2) is 20.2. The number of hydrogen-bond acceptors (Lipinski definition) is 6. The van der Waals surface area contributed by atoms with E-state index >= 15 is 0 Å². The molecule has 0 radical (unpaired) electrons. The number of carbonyl (C=O) groups is 4. The minimum Gasteiger partial charge on any atom is -0.480 e. The number of methoxy groups -OCH3 is 1. The molecule has 0 aromatic heterocycles. The summed E-state index contributed by atoms with van der Waals surface area (Å²) in [5.41, 5.74) is 0.660. The molecule has 0 spiro atoms. The second-order valence-electron chi connectivity index (χ2n) is 9.29. The van der Waals surface area contributed by atoms with Crippen molar-refractivity contribution >= 4 is 23.8 Å². The Labute approximate surface area is 221 Å². The summed E-state index contributed by atoms with van der Waals surface area (Å²) in [6, 6.07) is 5.22. The van der Waals surface area contributed by atoms with E-state index in [4.69, 9.17) is 5.11 Å². The van der Waals surface area contributed by atoms with Crippen molar-refractivity contribution in [3.05, 3.63) is 35.4 Å². The van der Waals surface area contributed by atoms with E-state index in [1.165, 1.54) is 89.2 Å². The monoisotopic (exact) mass is 519 g/mol. The molecule has 0 heterocycles. The first-order valence-corrected chi connectivity index (χ1v) is 13.6. The minimum atomic E-state index is -1.14. The summed E-state index contributed by atoms with van der Waals surface area (Å²) in [7, 11) is 1.28. The quantitative estimate of drug-likeness (QED) is 0.142. The summed E-state index contributed by atoms with van der Waals surface area (Å²) in [5.74, 6) is -2.52. The summed E-state index contributed by atoms with van der Waals surface area (Å²) in [6.45, 7) is 2.34. The van der Waals surface area contributed by atoms with Gasteiger partial charge in [0.15, 0.2) is 0 Å². The highest BCUT2D eigenvalue weighted by atomic mass is 16.5. The number of unbranched alkanes of at least 4 members (excludes halogenated alkanes) is 11. The van der Waals surface area contributed by atoms with Crippen molar-refractivity contribution in [1.82, 2.24) is 16.0 Å². The summed E-state index contributed by atoms with van der Waals surface area (Å²) in [6.07, 6.45) is 14.8. The van der Waals surface area contributed by atoms with Crippen LogP contribution in [0.1, 0.15) is 105 Å². The first-order chi connectivity index (χ1) is 17.9.